The number of nitrogens with one attached hydrogen (secondary N) is 1. The Hall–Kier alpha value is -0.890. The molecule has 1 fully saturated rings. The molecular formula is C10H12ClFN2O3S. The lowest BCUT2D eigenvalue weighted by molar-refractivity contribution is 0.0733. The number of ether oxygens (including phenoxy) is 1. The highest BCUT2D eigenvalue weighted by Gasteiger charge is 2.25. The molecule has 1 aliphatic rings. The van der Waals surface area contributed by atoms with Crippen LogP contribution in [0.15, 0.2) is 18.2 Å². The first-order valence-electron chi connectivity index (χ1n) is 5.30. The topological polar surface area (TPSA) is 58.6 Å². The largest absolute Gasteiger partial charge is 0.379 e. The molecule has 1 aromatic rings. The van der Waals surface area contributed by atoms with E-state index >= 15 is 0 Å². The second kappa shape index (κ2) is 5.40. The van der Waals surface area contributed by atoms with Crippen LogP contribution in [0, 0.1) is 5.82 Å². The van der Waals surface area contributed by atoms with Gasteiger partial charge in [-0.25, -0.2) is 4.39 Å². The van der Waals surface area contributed by atoms with Crippen molar-refractivity contribution in [1.82, 2.24) is 4.31 Å². The minimum Gasteiger partial charge on any atom is -0.379 e. The molecule has 8 heteroatoms. The Balaban J connectivity index is 2.19. The Morgan fingerprint density at radius 2 is 2.00 bits per heavy atom. The van der Waals surface area contributed by atoms with Gasteiger partial charge in [-0.15, -0.1) is 0 Å². The molecule has 0 unspecified atom stereocenters. The van der Waals surface area contributed by atoms with Gasteiger partial charge in [0.05, 0.1) is 23.9 Å². The zero-order valence-electron chi connectivity index (χ0n) is 9.40. The molecule has 0 bridgehead atoms. The van der Waals surface area contributed by atoms with Crippen LogP contribution in [0.2, 0.25) is 5.02 Å². The van der Waals surface area contributed by atoms with Gasteiger partial charge in [-0.2, -0.15) is 12.7 Å². The summed E-state index contributed by atoms with van der Waals surface area (Å²) in [4.78, 5) is 0. The minimum atomic E-state index is -3.77. The first-order chi connectivity index (χ1) is 8.50. The van der Waals surface area contributed by atoms with Gasteiger partial charge in [0.15, 0.2) is 5.82 Å². The van der Waals surface area contributed by atoms with Gasteiger partial charge in [-0.1, -0.05) is 17.7 Å². The van der Waals surface area contributed by atoms with Crippen LogP contribution in [0.3, 0.4) is 0 Å². The van der Waals surface area contributed by atoms with E-state index in [1.54, 1.807) is 0 Å². The summed E-state index contributed by atoms with van der Waals surface area (Å²) < 4.78 is 46.0. The van der Waals surface area contributed by atoms with Gasteiger partial charge in [-0.3, -0.25) is 4.72 Å². The Morgan fingerprint density at radius 1 is 1.33 bits per heavy atom. The smallest absolute Gasteiger partial charge is 0.301 e. The SMILES string of the molecule is O=S(=O)(Nc1cccc(Cl)c1F)N1CCOCC1. The van der Waals surface area contributed by atoms with Crippen LogP contribution in [0.1, 0.15) is 0 Å². The van der Waals surface area contributed by atoms with Crippen LogP contribution in [0.5, 0.6) is 0 Å². The van der Waals surface area contributed by atoms with E-state index in [0.717, 1.165) is 0 Å². The number of benzene rings is 1. The fourth-order valence-corrected chi connectivity index (χ4v) is 2.94. The zero-order chi connectivity index (χ0) is 13.2. The number of anilines is 1. The summed E-state index contributed by atoms with van der Waals surface area (Å²) in [7, 11) is -3.77. The lowest BCUT2D eigenvalue weighted by Crippen LogP contribution is -2.43. The van der Waals surface area contributed by atoms with Gasteiger partial charge in [-0.05, 0) is 12.1 Å². The van der Waals surface area contributed by atoms with Crippen molar-refractivity contribution in [3.8, 4) is 0 Å². The van der Waals surface area contributed by atoms with E-state index in [9.17, 15) is 12.8 Å². The third-order valence-corrected chi connectivity index (χ3v) is 4.32. The first-order valence-corrected chi connectivity index (χ1v) is 7.12. The van der Waals surface area contributed by atoms with E-state index < -0.39 is 16.0 Å². The Labute approximate surface area is 110 Å². The van der Waals surface area contributed by atoms with Crippen molar-refractivity contribution in [2.24, 2.45) is 0 Å². The van der Waals surface area contributed by atoms with Gasteiger partial charge >= 0.3 is 10.2 Å². The molecule has 0 aromatic heterocycles. The predicted molar refractivity (Wildman–Crippen MR) is 66.3 cm³/mol. The summed E-state index contributed by atoms with van der Waals surface area (Å²) in [6.07, 6.45) is 0. The highest BCUT2D eigenvalue weighted by molar-refractivity contribution is 7.90. The number of hydrogen-bond acceptors (Lipinski definition) is 3. The average Bonchev–Trinajstić information content (AvgIpc) is 2.36. The fraction of sp³-hybridized carbons (Fsp3) is 0.400. The monoisotopic (exact) mass is 294 g/mol. The molecule has 0 saturated carbocycles. The number of hydrogen-bond donors (Lipinski definition) is 1. The fourth-order valence-electron chi connectivity index (χ4n) is 1.57. The number of morpholine rings is 1. The van der Waals surface area contributed by atoms with Crippen molar-refractivity contribution in [2.75, 3.05) is 31.0 Å². The normalized spacial score (nSPS) is 17.7. The highest BCUT2D eigenvalue weighted by atomic mass is 35.5. The van der Waals surface area contributed by atoms with E-state index in [0.29, 0.717) is 13.2 Å². The maximum absolute atomic E-state index is 13.6. The molecular weight excluding hydrogens is 283 g/mol. The second-order valence-electron chi connectivity index (χ2n) is 3.72. The van der Waals surface area contributed by atoms with Crippen LogP contribution in [-0.4, -0.2) is 39.0 Å². The van der Waals surface area contributed by atoms with E-state index in [2.05, 4.69) is 4.72 Å². The Kier molecular flexibility index (Phi) is 4.06. The molecule has 0 radical (unpaired) electrons. The number of halogens is 2. The molecule has 1 saturated heterocycles. The zero-order valence-corrected chi connectivity index (χ0v) is 11.0. The molecule has 0 atom stereocenters. The van der Waals surface area contributed by atoms with Crippen molar-refractivity contribution in [2.45, 2.75) is 0 Å². The minimum absolute atomic E-state index is 0.128. The van der Waals surface area contributed by atoms with Crippen molar-refractivity contribution >= 4 is 27.5 Å². The van der Waals surface area contributed by atoms with Gasteiger partial charge in [0, 0.05) is 13.1 Å². The van der Waals surface area contributed by atoms with Gasteiger partial charge < -0.3 is 4.74 Å². The molecule has 100 valence electrons. The molecule has 2 rings (SSSR count). The van der Waals surface area contributed by atoms with Gasteiger partial charge in [0.25, 0.3) is 0 Å². The highest BCUT2D eigenvalue weighted by Crippen LogP contribution is 2.23. The average molecular weight is 295 g/mol. The summed E-state index contributed by atoms with van der Waals surface area (Å²) >= 11 is 5.59. The molecule has 1 N–H and O–H groups in total. The molecule has 1 aromatic carbocycles. The van der Waals surface area contributed by atoms with Gasteiger partial charge in [0.2, 0.25) is 0 Å². The maximum atomic E-state index is 13.6. The lowest BCUT2D eigenvalue weighted by atomic mass is 10.3. The third-order valence-electron chi connectivity index (χ3n) is 2.50. The van der Waals surface area contributed by atoms with E-state index in [4.69, 9.17) is 16.3 Å². The number of rotatable bonds is 3. The lowest BCUT2D eigenvalue weighted by Gasteiger charge is -2.26. The molecule has 0 amide bonds. The quantitative estimate of drug-likeness (QED) is 0.918. The van der Waals surface area contributed by atoms with Crippen LogP contribution in [0.4, 0.5) is 10.1 Å². The molecule has 1 heterocycles. The Bertz CT molecular complexity index is 532. The van der Waals surface area contributed by atoms with E-state index in [-0.39, 0.29) is 23.8 Å². The molecule has 18 heavy (non-hydrogen) atoms. The summed E-state index contributed by atoms with van der Waals surface area (Å²) in [6, 6.07) is 4.14. The van der Waals surface area contributed by atoms with Crippen molar-refractivity contribution in [3.63, 3.8) is 0 Å². The summed E-state index contributed by atoms with van der Waals surface area (Å²) in [5.74, 6) is -0.781. The molecule has 0 spiro atoms. The van der Waals surface area contributed by atoms with E-state index in [1.165, 1.54) is 22.5 Å². The number of nitrogens with zero attached hydrogens (tertiary/aromatic N) is 1. The van der Waals surface area contributed by atoms with Crippen molar-refractivity contribution in [1.29, 1.82) is 0 Å². The maximum Gasteiger partial charge on any atom is 0.301 e. The van der Waals surface area contributed by atoms with E-state index in [1.807, 2.05) is 0 Å². The van der Waals surface area contributed by atoms with Crippen LogP contribution < -0.4 is 4.72 Å². The predicted octanol–water partition coefficient (Wildman–Crippen LogP) is 1.47. The molecule has 0 aliphatic carbocycles. The standard InChI is InChI=1S/C10H12ClFN2O3S/c11-8-2-1-3-9(10(8)12)13-18(15,16)14-4-6-17-7-5-14/h1-3,13H,4-7H2. The van der Waals surface area contributed by atoms with Crippen molar-refractivity contribution < 1.29 is 17.5 Å². The van der Waals surface area contributed by atoms with Crippen LogP contribution in [0.25, 0.3) is 0 Å². The van der Waals surface area contributed by atoms with Crippen molar-refractivity contribution in [3.05, 3.63) is 29.0 Å². The molecule has 1 aliphatic heterocycles. The van der Waals surface area contributed by atoms with Gasteiger partial charge in [0.1, 0.15) is 0 Å². The summed E-state index contributed by atoms with van der Waals surface area (Å²) in [5, 5.41) is -0.128. The second-order valence-corrected chi connectivity index (χ2v) is 5.80. The van der Waals surface area contributed by atoms with Crippen LogP contribution in [-0.2, 0) is 14.9 Å². The summed E-state index contributed by atoms with van der Waals surface area (Å²) in [5.41, 5.74) is -0.158. The summed E-state index contributed by atoms with van der Waals surface area (Å²) in [6.45, 7) is 1.16. The molecule has 5 nitrogen and oxygen atoms in total. The first kappa shape index (κ1) is 13.5. The third kappa shape index (κ3) is 2.92. The Morgan fingerprint density at radius 3 is 2.67 bits per heavy atom. The van der Waals surface area contributed by atoms with Crippen LogP contribution >= 0.6 is 11.6 Å².